The number of imidazole rings is 2. The molecule has 15 heteroatoms. The Labute approximate surface area is 379 Å². The fraction of sp³-hybridized carbons (Fsp3) is 0.420. The third-order valence-corrected chi connectivity index (χ3v) is 13.1. The van der Waals surface area contributed by atoms with Gasteiger partial charge in [-0.1, -0.05) is 81.8 Å². The fourth-order valence-corrected chi connectivity index (χ4v) is 9.62. The molecule has 2 aromatic carbocycles. The van der Waals surface area contributed by atoms with E-state index in [4.69, 9.17) is 24.4 Å². The molecule has 340 valence electrons. The van der Waals surface area contributed by atoms with Gasteiger partial charge in [0.05, 0.1) is 55.6 Å². The van der Waals surface area contributed by atoms with Gasteiger partial charge < -0.3 is 39.9 Å². The lowest BCUT2D eigenvalue weighted by atomic mass is 9.85. The number of rotatable bonds is 11. The number of carbonyl (C=O) groups is 4. The highest BCUT2D eigenvalue weighted by molar-refractivity contribution is 6.03. The number of nitrogens with one attached hydrogen (secondary N) is 4. The summed E-state index contributed by atoms with van der Waals surface area (Å²) in [5.74, 6) is 0.845. The van der Waals surface area contributed by atoms with Gasteiger partial charge in [0.1, 0.15) is 23.7 Å². The Balaban J connectivity index is 1.12. The Kier molecular flexibility index (Phi) is 13.2. The van der Waals surface area contributed by atoms with Gasteiger partial charge in [-0.25, -0.2) is 19.6 Å². The number of aromatic amines is 2. The molecule has 15 nitrogen and oxygen atoms in total. The number of nitrogens with zero attached hydrogens (tertiary/aromatic N) is 5. The van der Waals surface area contributed by atoms with Crippen molar-refractivity contribution >= 4 is 41.0 Å². The van der Waals surface area contributed by atoms with E-state index < -0.39 is 24.3 Å². The number of hydrogen-bond acceptors (Lipinski definition) is 9. The van der Waals surface area contributed by atoms with E-state index in [9.17, 15) is 19.2 Å². The van der Waals surface area contributed by atoms with Crippen molar-refractivity contribution in [3.8, 4) is 33.6 Å². The lowest BCUT2D eigenvalue weighted by Gasteiger charge is -2.30. The average Bonchev–Trinajstić information content (AvgIpc) is 4.15. The minimum absolute atomic E-state index is 0.131. The predicted octanol–water partition coefficient (Wildman–Crippen LogP) is 8.68. The maximum Gasteiger partial charge on any atom is 0.407 e. The van der Waals surface area contributed by atoms with Crippen LogP contribution < -0.4 is 10.6 Å². The second kappa shape index (κ2) is 19.1. The number of aromatic nitrogens is 5. The van der Waals surface area contributed by atoms with Gasteiger partial charge in [-0.15, -0.1) is 0 Å². The zero-order chi connectivity index (χ0) is 45.9. The number of pyridine rings is 1. The number of amides is 4. The summed E-state index contributed by atoms with van der Waals surface area (Å²) in [6.45, 7) is 10.9. The zero-order valence-corrected chi connectivity index (χ0v) is 38.2. The molecule has 4 N–H and O–H groups in total. The van der Waals surface area contributed by atoms with Gasteiger partial charge in [-0.2, -0.15) is 0 Å². The third-order valence-electron chi connectivity index (χ3n) is 13.1. The largest absolute Gasteiger partial charge is 0.453 e. The van der Waals surface area contributed by atoms with Gasteiger partial charge in [-0.3, -0.25) is 14.6 Å². The number of allylic oxidation sites excluding steroid dienone is 3. The van der Waals surface area contributed by atoms with E-state index in [1.165, 1.54) is 25.4 Å². The standard InChI is InChI=1S/C50H59N9O6/c1-28(2)42(56-49(62)64-6)47(60)58-24-10-15-40(58)45-52-26-38(54-45)34-20-19-33(32-18-17-30(5)12-8-13-31(32)34)37-22-21-35(36-14-9-23-51-44(36)37)39-27-53-46(55-39)41-16-11-25-59(41)48(61)43(29(3)4)57-50(63)65-7/h8-9,12-14,19-23,26-29,40-43H,10-11,15-18,24-25H2,1-7H3,(H,52,54)(H,53,55)(H,56,62)(H,57,63)/b13-8-,30-12?. The molecule has 0 bridgehead atoms. The summed E-state index contributed by atoms with van der Waals surface area (Å²) in [6.07, 6.45) is 15.6. The SMILES string of the molecule is COC(=O)NC(C(=O)N1CCCC1c1ncc(-c2ccc(-c3ccc(-c4cnc(C5CCCN5C(=O)C(NC(=O)OC)C(C)C)[nH]4)c4cccnc34)c3c2/C=C\C=C(C)CC3)[nH]1)C(C)C. The first-order valence-electron chi connectivity index (χ1n) is 22.7. The summed E-state index contributed by atoms with van der Waals surface area (Å²) in [5, 5.41) is 6.43. The molecule has 0 saturated carbocycles. The number of H-pyrrole nitrogens is 2. The topological polar surface area (TPSA) is 188 Å². The molecule has 1 aliphatic carbocycles. The number of fused-ring (bicyclic) bond motifs is 2. The first-order valence-corrected chi connectivity index (χ1v) is 22.7. The highest BCUT2D eigenvalue weighted by atomic mass is 16.5. The molecule has 5 heterocycles. The molecule has 65 heavy (non-hydrogen) atoms. The lowest BCUT2D eigenvalue weighted by Crippen LogP contribution is -2.51. The molecular formula is C50H59N9O6. The molecular weight excluding hydrogens is 823 g/mol. The average molecular weight is 882 g/mol. The molecule has 4 unspecified atom stereocenters. The van der Waals surface area contributed by atoms with E-state index in [0.717, 1.165) is 88.6 Å². The lowest BCUT2D eigenvalue weighted by molar-refractivity contribution is -0.136. The Bertz CT molecular complexity index is 2660. The van der Waals surface area contributed by atoms with Crippen LogP contribution in [-0.2, 0) is 25.5 Å². The van der Waals surface area contributed by atoms with Crippen molar-refractivity contribution in [3.63, 3.8) is 0 Å². The van der Waals surface area contributed by atoms with Crippen molar-refractivity contribution in [2.45, 2.75) is 97.3 Å². The summed E-state index contributed by atoms with van der Waals surface area (Å²) >= 11 is 0. The van der Waals surface area contributed by atoms with Gasteiger partial charge >= 0.3 is 12.2 Å². The molecule has 3 aliphatic rings. The quantitative estimate of drug-likeness (QED) is 0.101. The smallest absolute Gasteiger partial charge is 0.407 e. The zero-order valence-electron chi connectivity index (χ0n) is 38.2. The van der Waals surface area contributed by atoms with Crippen molar-refractivity contribution in [2.24, 2.45) is 11.8 Å². The number of likely N-dealkylation sites (tertiary alicyclic amines) is 2. The molecule has 4 atom stereocenters. The monoisotopic (exact) mass is 881 g/mol. The van der Waals surface area contributed by atoms with Crippen molar-refractivity contribution in [2.75, 3.05) is 27.3 Å². The normalized spacial score (nSPS) is 18.8. The number of hydrogen-bond donors (Lipinski definition) is 4. The summed E-state index contributed by atoms with van der Waals surface area (Å²) in [6, 6.07) is 10.7. The van der Waals surface area contributed by atoms with Crippen molar-refractivity contribution < 1.29 is 28.7 Å². The summed E-state index contributed by atoms with van der Waals surface area (Å²) in [7, 11) is 2.59. The highest BCUT2D eigenvalue weighted by Crippen LogP contribution is 2.42. The van der Waals surface area contributed by atoms with Crippen LogP contribution >= 0.6 is 0 Å². The van der Waals surface area contributed by atoms with Crippen molar-refractivity contribution in [3.05, 3.63) is 95.5 Å². The van der Waals surface area contributed by atoms with Crippen LogP contribution in [0.2, 0.25) is 0 Å². The Morgan fingerprint density at radius 3 is 1.82 bits per heavy atom. The summed E-state index contributed by atoms with van der Waals surface area (Å²) in [5.41, 5.74) is 10.2. The van der Waals surface area contributed by atoms with Crippen LogP contribution in [0.1, 0.15) is 102 Å². The molecule has 2 fully saturated rings. The number of carbonyl (C=O) groups excluding carboxylic acids is 4. The van der Waals surface area contributed by atoms with Gasteiger partial charge in [0.15, 0.2) is 0 Å². The van der Waals surface area contributed by atoms with E-state index in [-0.39, 0.29) is 35.7 Å². The number of methoxy groups -OCH3 is 2. The minimum atomic E-state index is -0.720. The maximum absolute atomic E-state index is 13.9. The van der Waals surface area contributed by atoms with Crippen LogP contribution in [0.3, 0.4) is 0 Å². The van der Waals surface area contributed by atoms with Crippen LogP contribution in [-0.4, -0.2) is 98.1 Å². The molecule has 4 amide bonds. The number of ether oxygens (including phenoxy) is 2. The van der Waals surface area contributed by atoms with Crippen LogP contribution in [0.25, 0.3) is 50.6 Å². The van der Waals surface area contributed by atoms with E-state index in [1.54, 1.807) is 0 Å². The minimum Gasteiger partial charge on any atom is -0.453 e. The summed E-state index contributed by atoms with van der Waals surface area (Å²) < 4.78 is 9.64. The second-order valence-corrected chi connectivity index (χ2v) is 17.9. The summed E-state index contributed by atoms with van der Waals surface area (Å²) in [4.78, 5) is 77.5. The van der Waals surface area contributed by atoms with Gasteiger partial charge in [0.25, 0.3) is 0 Å². The predicted molar refractivity (Wildman–Crippen MR) is 249 cm³/mol. The Morgan fingerprint density at radius 2 is 1.25 bits per heavy atom. The van der Waals surface area contributed by atoms with Crippen LogP contribution in [0.4, 0.5) is 9.59 Å². The third kappa shape index (κ3) is 9.01. The molecule has 2 saturated heterocycles. The Morgan fingerprint density at radius 1 is 0.708 bits per heavy atom. The van der Waals surface area contributed by atoms with E-state index in [1.807, 2.05) is 62.2 Å². The van der Waals surface area contributed by atoms with Gasteiger partial charge in [0.2, 0.25) is 11.8 Å². The van der Waals surface area contributed by atoms with Crippen LogP contribution in [0, 0.1) is 11.8 Å². The van der Waals surface area contributed by atoms with Crippen molar-refractivity contribution in [1.82, 2.24) is 45.4 Å². The number of benzene rings is 2. The second-order valence-electron chi connectivity index (χ2n) is 17.9. The number of alkyl carbamates (subject to hydrolysis) is 2. The fourth-order valence-electron chi connectivity index (χ4n) is 9.62. The van der Waals surface area contributed by atoms with Crippen molar-refractivity contribution in [1.29, 1.82) is 0 Å². The first kappa shape index (κ1) is 44.8. The Hall–Kier alpha value is -6.77. The molecule has 5 aromatic rings. The van der Waals surface area contributed by atoms with Crippen LogP contribution in [0.5, 0.6) is 0 Å². The molecule has 0 spiro atoms. The van der Waals surface area contributed by atoms with Crippen LogP contribution in [0.15, 0.2) is 72.7 Å². The molecule has 3 aromatic heterocycles. The van der Waals surface area contributed by atoms with Gasteiger partial charge in [0, 0.05) is 41.4 Å². The highest BCUT2D eigenvalue weighted by Gasteiger charge is 2.39. The molecule has 0 radical (unpaired) electrons. The first-order chi connectivity index (χ1) is 31.4. The van der Waals surface area contributed by atoms with E-state index >= 15 is 0 Å². The van der Waals surface area contributed by atoms with E-state index in [0.29, 0.717) is 24.7 Å². The van der Waals surface area contributed by atoms with E-state index in [2.05, 4.69) is 76.1 Å². The maximum atomic E-state index is 13.9. The van der Waals surface area contributed by atoms with Gasteiger partial charge in [-0.05, 0) is 80.0 Å². The molecule has 2 aliphatic heterocycles. The molecule has 8 rings (SSSR count).